The van der Waals surface area contributed by atoms with Gasteiger partial charge in [-0.2, -0.15) is 0 Å². The molecular weight excluding hydrogens is 184 g/mol. The molecule has 0 aromatic carbocycles. The minimum Gasteiger partial charge on any atom is -0.481 e. The zero-order valence-electron chi connectivity index (χ0n) is 6.75. The number of nitrogens with zero attached hydrogens (tertiary/aromatic N) is 1. The molecule has 0 atom stereocenters. The van der Waals surface area contributed by atoms with Crippen LogP contribution in [0.2, 0.25) is 0 Å². The Hall–Kier alpha value is -1.46. The first-order valence-electron chi connectivity index (χ1n) is 3.45. The van der Waals surface area contributed by atoms with Crippen molar-refractivity contribution in [2.24, 2.45) is 0 Å². The lowest BCUT2D eigenvalue weighted by molar-refractivity contribution is -0.145. The molecule has 4 nitrogen and oxygen atoms in total. The first-order valence-corrected chi connectivity index (χ1v) is 3.45. The van der Waals surface area contributed by atoms with Gasteiger partial charge in [0.15, 0.2) is 0 Å². The van der Waals surface area contributed by atoms with E-state index in [4.69, 9.17) is 5.11 Å². The molecule has 1 heterocycles. The average Bonchev–Trinajstić information content (AvgIpc) is 2.32. The summed E-state index contributed by atoms with van der Waals surface area (Å²) in [5.41, 5.74) is -0.477. The number of rotatable bonds is 3. The van der Waals surface area contributed by atoms with E-state index in [-0.39, 0.29) is 5.76 Å². The van der Waals surface area contributed by atoms with Crippen LogP contribution >= 0.6 is 0 Å². The highest BCUT2D eigenvalue weighted by molar-refractivity contribution is 5.68. The molecule has 1 aromatic rings. The Kier molecular flexibility index (Phi) is 2.31. The number of halogens is 2. The molecule has 0 aliphatic rings. The molecule has 0 spiro atoms. The van der Waals surface area contributed by atoms with Crippen molar-refractivity contribution in [3.63, 3.8) is 0 Å². The Labute approximate surface area is 72.1 Å². The number of aryl methyl sites for hydroxylation is 1. The highest BCUT2D eigenvalue weighted by Crippen LogP contribution is 2.33. The first-order chi connectivity index (χ1) is 5.93. The molecule has 0 radical (unpaired) electrons. The molecule has 0 unspecified atom stereocenters. The minimum absolute atomic E-state index is 0.0637. The predicted octanol–water partition coefficient (Wildman–Crippen LogP) is 1.55. The zero-order valence-corrected chi connectivity index (χ0v) is 6.75. The zero-order chi connectivity index (χ0) is 10.1. The summed E-state index contributed by atoms with van der Waals surface area (Å²) in [5, 5.41) is 11.4. The maximum Gasteiger partial charge on any atom is 0.309 e. The molecule has 0 aliphatic carbocycles. The van der Waals surface area contributed by atoms with Crippen molar-refractivity contribution in [2.45, 2.75) is 19.3 Å². The van der Waals surface area contributed by atoms with E-state index in [1.165, 1.54) is 6.92 Å². The van der Waals surface area contributed by atoms with Gasteiger partial charge in [-0.05, 0) is 6.92 Å². The van der Waals surface area contributed by atoms with Gasteiger partial charge in [0.05, 0.1) is 11.8 Å². The third kappa shape index (κ3) is 2.01. The van der Waals surface area contributed by atoms with Crippen LogP contribution in [0.15, 0.2) is 10.7 Å². The standard InChI is InChI=1S/C7H7F2NO3/c1-4-5(3-10-13-4)7(8,9)2-6(11)12/h3H,2H2,1H3,(H,11,12). The average molecular weight is 191 g/mol. The summed E-state index contributed by atoms with van der Waals surface area (Å²) >= 11 is 0. The maximum atomic E-state index is 13.0. The summed E-state index contributed by atoms with van der Waals surface area (Å²) in [6.07, 6.45) is -0.423. The van der Waals surface area contributed by atoms with E-state index in [1.807, 2.05) is 0 Å². The van der Waals surface area contributed by atoms with Crippen molar-refractivity contribution in [1.82, 2.24) is 5.16 Å². The second kappa shape index (κ2) is 3.12. The topological polar surface area (TPSA) is 63.3 Å². The quantitative estimate of drug-likeness (QED) is 0.787. The van der Waals surface area contributed by atoms with Crippen molar-refractivity contribution in [3.05, 3.63) is 17.5 Å². The summed E-state index contributed by atoms with van der Waals surface area (Å²) in [4.78, 5) is 10.1. The molecule has 1 rings (SSSR count). The Morgan fingerprint density at radius 3 is 2.77 bits per heavy atom. The van der Waals surface area contributed by atoms with Crippen molar-refractivity contribution < 1.29 is 23.2 Å². The smallest absolute Gasteiger partial charge is 0.309 e. The summed E-state index contributed by atoms with van der Waals surface area (Å²) < 4.78 is 30.4. The molecule has 0 bridgehead atoms. The van der Waals surface area contributed by atoms with E-state index in [2.05, 4.69) is 9.68 Å². The third-order valence-corrected chi connectivity index (χ3v) is 1.52. The van der Waals surface area contributed by atoms with Gasteiger partial charge in [-0.25, -0.2) is 8.78 Å². The van der Waals surface area contributed by atoms with Crippen LogP contribution in [0, 0.1) is 6.92 Å². The molecule has 0 aliphatic heterocycles. The van der Waals surface area contributed by atoms with Gasteiger partial charge in [-0.15, -0.1) is 0 Å². The summed E-state index contributed by atoms with van der Waals surface area (Å²) in [7, 11) is 0. The van der Waals surface area contributed by atoms with Crippen molar-refractivity contribution in [2.75, 3.05) is 0 Å². The van der Waals surface area contributed by atoms with E-state index < -0.39 is 23.9 Å². The Morgan fingerprint density at radius 1 is 1.77 bits per heavy atom. The van der Waals surface area contributed by atoms with Crippen LogP contribution in [0.4, 0.5) is 8.78 Å². The Bertz CT molecular complexity index is 321. The van der Waals surface area contributed by atoms with Gasteiger partial charge in [0, 0.05) is 0 Å². The van der Waals surface area contributed by atoms with Gasteiger partial charge >= 0.3 is 5.97 Å². The van der Waals surface area contributed by atoms with Gasteiger partial charge in [0.2, 0.25) is 0 Å². The largest absolute Gasteiger partial charge is 0.481 e. The number of aliphatic carboxylic acids is 1. The number of alkyl halides is 2. The van der Waals surface area contributed by atoms with Crippen molar-refractivity contribution in [3.8, 4) is 0 Å². The van der Waals surface area contributed by atoms with Crippen LogP contribution < -0.4 is 0 Å². The predicted molar refractivity (Wildman–Crippen MR) is 37.4 cm³/mol. The number of hydrogen-bond donors (Lipinski definition) is 1. The molecule has 13 heavy (non-hydrogen) atoms. The van der Waals surface area contributed by atoms with Gasteiger partial charge in [-0.1, -0.05) is 5.16 Å². The lowest BCUT2D eigenvalue weighted by Crippen LogP contribution is -2.18. The van der Waals surface area contributed by atoms with Gasteiger partial charge < -0.3 is 9.63 Å². The van der Waals surface area contributed by atoms with Crippen molar-refractivity contribution in [1.29, 1.82) is 0 Å². The van der Waals surface area contributed by atoms with Crippen LogP contribution in [-0.2, 0) is 10.7 Å². The first kappa shape index (κ1) is 9.63. The number of hydrogen-bond acceptors (Lipinski definition) is 3. The molecule has 0 fully saturated rings. The monoisotopic (exact) mass is 191 g/mol. The molecule has 1 aromatic heterocycles. The molecule has 6 heteroatoms. The summed E-state index contributed by atoms with van der Waals surface area (Å²) in [6.45, 7) is 1.30. The van der Waals surface area contributed by atoms with E-state index in [0.29, 0.717) is 0 Å². The van der Waals surface area contributed by atoms with Crippen LogP contribution in [0.1, 0.15) is 17.7 Å². The molecule has 72 valence electrons. The minimum atomic E-state index is -3.42. The van der Waals surface area contributed by atoms with E-state index in [1.54, 1.807) is 0 Å². The lowest BCUT2D eigenvalue weighted by Gasteiger charge is -2.11. The second-order valence-electron chi connectivity index (χ2n) is 2.57. The fraction of sp³-hybridized carbons (Fsp3) is 0.429. The van der Waals surface area contributed by atoms with Crippen LogP contribution in [-0.4, -0.2) is 16.2 Å². The maximum absolute atomic E-state index is 13.0. The fourth-order valence-corrected chi connectivity index (χ4v) is 0.935. The highest BCUT2D eigenvalue weighted by Gasteiger charge is 2.38. The van der Waals surface area contributed by atoms with Crippen LogP contribution in [0.5, 0.6) is 0 Å². The summed E-state index contributed by atoms with van der Waals surface area (Å²) in [6, 6.07) is 0. The Balaban J connectivity index is 2.93. The molecule has 0 amide bonds. The van der Waals surface area contributed by atoms with E-state index in [9.17, 15) is 13.6 Å². The highest BCUT2D eigenvalue weighted by atomic mass is 19.3. The number of carbonyl (C=O) groups is 1. The van der Waals surface area contributed by atoms with Crippen molar-refractivity contribution >= 4 is 5.97 Å². The second-order valence-corrected chi connectivity index (χ2v) is 2.57. The van der Waals surface area contributed by atoms with Crippen LogP contribution in [0.3, 0.4) is 0 Å². The lowest BCUT2D eigenvalue weighted by atomic mass is 10.1. The number of carboxylic acids is 1. The van der Waals surface area contributed by atoms with Gasteiger partial charge in [-0.3, -0.25) is 4.79 Å². The van der Waals surface area contributed by atoms with Crippen LogP contribution in [0.25, 0.3) is 0 Å². The SMILES string of the molecule is Cc1oncc1C(F)(F)CC(=O)O. The third-order valence-electron chi connectivity index (χ3n) is 1.52. The number of aromatic nitrogens is 1. The molecule has 1 N–H and O–H groups in total. The summed E-state index contributed by atoms with van der Waals surface area (Å²) in [5.74, 6) is -5.05. The number of carboxylic acid groups (broad SMARTS) is 1. The normalized spacial score (nSPS) is 11.6. The molecular formula is C7H7F2NO3. The van der Waals surface area contributed by atoms with Gasteiger partial charge in [0.25, 0.3) is 5.92 Å². The van der Waals surface area contributed by atoms with Gasteiger partial charge in [0.1, 0.15) is 12.2 Å². The van der Waals surface area contributed by atoms with E-state index in [0.717, 1.165) is 6.20 Å². The van der Waals surface area contributed by atoms with E-state index >= 15 is 0 Å². The molecule has 0 saturated heterocycles. The fourth-order valence-electron chi connectivity index (χ4n) is 0.935. The Morgan fingerprint density at radius 2 is 2.38 bits per heavy atom. The molecule has 0 saturated carbocycles.